The minimum Gasteiger partial charge on any atom is -0.453 e. The van der Waals surface area contributed by atoms with Crippen LogP contribution in [0.1, 0.15) is 23.8 Å². The van der Waals surface area contributed by atoms with E-state index in [4.69, 9.17) is 0 Å². The van der Waals surface area contributed by atoms with Crippen LogP contribution in [0.3, 0.4) is 0 Å². The first-order valence-electron chi connectivity index (χ1n) is 7.01. The Bertz CT molecular complexity index is 591. The number of carbonyl (C=O) groups excluding carboxylic acids is 1. The predicted molar refractivity (Wildman–Crippen MR) is 85.9 cm³/mol. The highest BCUT2D eigenvalue weighted by atomic mass is 32.1. The van der Waals surface area contributed by atoms with Crippen LogP contribution in [0, 0.1) is 5.92 Å². The molecule has 1 saturated carbocycles. The third-order valence-electron chi connectivity index (χ3n) is 3.58. The van der Waals surface area contributed by atoms with E-state index >= 15 is 0 Å². The molecule has 1 aromatic carbocycles. The van der Waals surface area contributed by atoms with E-state index in [-0.39, 0.29) is 0 Å². The molecule has 0 saturated heterocycles. The second-order valence-electron chi connectivity index (χ2n) is 5.17. The van der Waals surface area contributed by atoms with Crippen molar-refractivity contribution >= 4 is 28.8 Å². The van der Waals surface area contributed by atoms with Crippen molar-refractivity contribution in [3.63, 3.8) is 0 Å². The van der Waals surface area contributed by atoms with Gasteiger partial charge in [0.2, 0.25) is 0 Å². The zero-order valence-corrected chi connectivity index (χ0v) is 12.7. The highest BCUT2D eigenvalue weighted by molar-refractivity contribution is 7.10. The van der Waals surface area contributed by atoms with Gasteiger partial charge in [0.15, 0.2) is 0 Å². The Labute approximate surface area is 128 Å². The molecule has 0 radical (unpaired) electrons. The Balaban J connectivity index is 1.67. The van der Waals surface area contributed by atoms with Crippen LogP contribution < -0.4 is 10.6 Å². The highest BCUT2D eigenvalue weighted by Gasteiger charge is 2.32. The summed E-state index contributed by atoms with van der Waals surface area (Å²) in [6.45, 7) is 0. The Morgan fingerprint density at radius 3 is 2.52 bits per heavy atom. The van der Waals surface area contributed by atoms with E-state index in [0.29, 0.717) is 6.04 Å². The molecule has 0 aliphatic heterocycles. The lowest BCUT2D eigenvalue weighted by atomic mass is 10.1. The van der Waals surface area contributed by atoms with Gasteiger partial charge in [0.1, 0.15) is 0 Å². The third kappa shape index (κ3) is 3.55. The van der Waals surface area contributed by atoms with Crippen molar-refractivity contribution in [2.45, 2.75) is 18.9 Å². The molecule has 2 aromatic rings. The second kappa shape index (κ2) is 6.18. The van der Waals surface area contributed by atoms with Gasteiger partial charge in [-0.25, -0.2) is 4.79 Å². The number of methoxy groups -OCH3 is 1. The second-order valence-corrected chi connectivity index (χ2v) is 6.15. The van der Waals surface area contributed by atoms with E-state index < -0.39 is 6.09 Å². The monoisotopic (exact) mass is 302 g/mol. The fraction of sp³-hybridized carbons (Fsp3) is 0.312. The smallest absolute Gasteiger partial charge is 0.411 e. The van der Waals surface area contributed by atoms with E-state index in [9.17, 15) is 4.79 Å². The number of rotatable bonds is 5. The van der Waals surface area contributed by atoms with Crippen molar-refractivity contribution in [1.29, 1.82) is 0 Å². The molecule has 1 amide bonds. The summed E-state index contributed by atoms with van der Waals surface area (Å²) >= 11 is 1.80. The van der Waals surface area contributed by atoms with Crippen LogP contribution in [0.15, 0.2) is 41.8 Å². The van der Waals surface area contributed by atoms with Gasteiger partial charge in [-0.1, -0.05) is 6.07 Å². The van der Waals surface area contributed by atoms with Gasteiger partial charge in [-0.3, -0.25) is 5.32 Å². The lowest BCUT2D eigenvalue weighted by Gasteiger charge is -2.18. The molecular formula is C16H18N2O2S. The molecule has 4 nitrogen and oxygen atoms in total. The molecule has 1 unspecified atom stereocenters. The normalized spacial score (nSPS) is 15.3. The Hall–Kier alpha value is -2.01. The fourth-order valence-corrected chi connectivity index (χ4v) is 3.19. The van der Waals surface area contributed by atoms with Crippen molar-refractivity contribution in [3.05, 3.63) is 46.7 Å². The van der Waals surface area contributed by atoms with Crippen molar-refractivity contribution < 1.29 is 9.53 Å². The van der Waals surface area contributed by atoms with Gasteiger partial charge in [0.25, 0.3) is 0 Å². The number of ether oxygens (including phenoxy) is 1. The molecule has 3 rings (SSSR count). The standard InChI is InChI=1S/C16H18N2O2S/c1-20-16(19)18-13-8-6-12(7-9-13)17-15(11-4-5-11)14-3-2-10-21-14/h2-3,6-11,15,17H,4-5H2,1H3,(H,18,19). The van der Waals surface area contributed by atoms with Gasteiger partial charge in [0.05, 0.1) is 13.2 Å². The number of nitrogens with one attached hydrogen (secondary N) is 2. The number of hydrogen-bond acceptors (Lipinski definition) is 4. The van der Waals surface area contributed by atoms with Crippen molar-refractivity contribution in [1.82, 2.24) is 0 Å². The third-order valence-corrected chi connectivity index (χ3v) is 4.54. The molecule has 0 spiro atoms. The molecule has 1 aliphatic carbocycles. The van der Waals surface area contributed by atoms with Gasteiger partial charge in [0, 0.05) is 16.3 Å². The average molecular weight is 302 g/mol. The minimum absolute atomic E-state index is 0.393. The topological polar surface area (TPSA) is 50.4 Å². The van der Waals surface area contributed by atoms with E-state index in [1.54, 1.807) is 11.3 Å². The molecule has 21 heavy (non-hydrogen) atoms. The molecular weight excluding hydrogens is 284 g/mol. The fourth-order valence-electron chi connectivity index (χ4n) is 2.32. The Morgan fingerprint density at radius 1 is 1.24 bits per heavy atom. The van der Waals surface area contributed by atoms with Gasteiger partial charge in [-0.05, 0) is 54.5 Å². The van der Waals surface area contributed by atoms with Gasteiger partial charge in [-0.2, -0.15) is 0 Å². The lowest BCUT2D eigenvalue weighted by Crippen LogP contribution is -2.12. The molecule has 1 atom stereocenters. The zero-order chi connectivity index (χ0) is 14.7. The largest absolute Gasteiger partial charge is 0.453 e. The number of thiophene rings is 1. The summed E-state index contributed by atoms with van der Waals surface area (Å²) in [6.07, 6.45) is 2.12. The molecule has 1 fully saturated rings. The first kappa shape index (κ1) is 13.9. The molecule has 0 bridgehead atoms. The zero-order valence-electron chi connectivity index (χ0n) is 11.8. The molecule has 1 heterocycles. The number of amides is 1. The van der Waals surface area contributed by atoms with Crippen LogP contribution >= 0.6 is 11.3 Å². The number of hydrogen-bond donors (Lipinski definition) is 2. The molecule has 1 aromatic heterocycles. The lowest BCUT2D eigenvalue weighted by molar-refractivity contribution is 0.187. The van der Waals surface area contributed by atoms with Crippen LogP contribution in [0.25, 0.3) is 0 Å². The molecule has 110 valence electrons. The summed E-state index contributed by atoms with van der Waals surface area (Å²) in [5.41, 5.74) is 1.79. The van der Waals surface area contributed by atoms with E-state index in [0.717, 1.165) is 17.3 Å². The summed E-state index contributed by atoms with van der Waals surface area (Å²) in [6, 6.07) is 12.4. The van der Waals surface area contributed by atoms with Gasteiger partial charge in [-0.15, -0.1) is 11.3 Å². The Kier molecular flexibility index (Phi) is 4.10. The van der Waals surface area contributed by atoms with Gasteiger partial charge >= 0.3 is 6.09 Å². The predicted octanol–water partition coefficient (Wildman–Crippen LogP) is 4.49. The van der Waals surface area contributed by atoms with Crippen molar-refractivity contribution in [3.8, 4) is 0 Å². The van der Waals surface area contributed by atoms with Gasteiger partial charge < -0.3 is 10.1 Å². The number of benzene rings is 1. The SMILES string of the molecule is COC(=O)Nc1ccc(NC(c2cccs2)C2CC2)cc1. The summed E-state index contributed by atoms with van der Waals surface area (Å²) in [7, 11) is 1.35. The maximum Gasteiger partial charge on any atom is 0.411 e. The summed E-state index contributed by atoms with van der Waals surface area (Å²) in [4.78, 5) is 12.5. The van der Waals surface area contributed by atoms with Crippen molar-refractivity contribution in [2.24, 2.45) is 5.92 Å². The van der Waals surface area contributed by atoms with E-state index in [1.807, 2.05) is 24.3 Å². The quantitative estimate of drug-likeness (QED) is 0.855. The first-order valence-corrected chi connectivity index (χ1v) is 7.89. The summed E-state index contributed by atoms with van der Waals surface area (Å²) < 4.78 is 4.57. The minimum atomic E-state index is -0.454. The number of anilines is 2. The highest BCUT2D eigenvalue weighted by Crippen LogP contribution is 2.44. The molecule has 2 N–H and O–H groups in total. The van der Waals surface area contributed by atoms with E-state index in [1.165, 1.54) is 24.8 Å². The molecule has 1 aliphatic rings. The molecule has 5 heteroatoms. The van der Waals surface area contributed by atoms with Crippen LogP contribution in [0.4, 0.5) is 16.2 Å². The van der Waals surface area contributed by atoms with Crippen LogP contribution in [0.2, 0.25) is 0 Å². The maximum absolute atomic E-state index is 11.1. The number of carbonyl (C=O) groups is 1. The van der Waals surface area contributed by atoms with E-state index in [2.05, 4.69) is 32.9 Å². The van der Waals surface area contributed by atoms with Crippen LogP contribution in [-0.2, 0) is 4.74 Å². The summed E-state index contributed by atoms with van der Waals surface area (Å²) in [5, 5.41) is 8.37. The van der Waals surface area contributed by atoms with Crippen LogP contribution in [-0.4, -0.2) is 13.2 Å². The van der Waals surface area contributed by atoms with Crippen molar-refractivity contribution in [2.75, 3.05) is 17.7 Å². The average Bonchev–Trinajstić information content (AvgIpc) is 3.20. The maximum atomic E-state index is 11.1. The first-order chi connectivity index (χ1) is 10.3. The van der Waals surface area contributed by atoms with Crippen LogP contribution in [0.5, 0.6) is 0 Å². The summed E-state index contributed by atoms with van der Waals surface area (Å²) in [5.74, 6) is 0.733. The Morgan fingerprint density at radius 2 is 1.95 bits per heavy atom.